The molecule has 2 atom stereocenters. The number of unbranched alkanes of at least 4 members (excludes halogenated alkanes) is 1. The summed E-state index contributed by atoms with van der Waals surface area (Å²) in [6.07, 6.45) is 8.73. The van der Waals surface area contributed by atoms with Crippen LogP contribution in [0.25, 0.3) is 0 Å². The Morgan fingerprint density at radius 1 is 1.18 bits per heavy atom. The summed E-state index contributed by atoms with van der Waals surface area (Å²) in [6, 6.07) is 0.348. The zero-order valence-corrected chi connectivity index (χ0v) is 14.9. The monoisotopic (exact) mass is 310 g/mol. The second-order valence-corrected chi connectivity index (χ2v) is 6.89. The third-order valence-electron chi connectivity index (χ3n) is 5.94. The van der Waals surface area contributed by atoms with Crippen LogP contribution in [-0.4, -0.2) is 47.8 Å². The average molecular weight is 310 g/mol. The molecule has 0 aromatic rings. The fourth-order valence-corrected chi connectivity index (χ4v) is 4.42. The van der Waals surface area contributed by atoms with Crippen LogP contribution < -0.4 is 0 Å². The van der Waals surface area contributed by atoms with E-state index in [1.807, 2.05) is 7.11 Å². The van der Waals surface area contributed by atoms with Crippen LogP contribution in [0.2, 0.25) is 0 Å². The SMILES string of the molecule is CCCC[C@H]1CCN(N2CCC[C@H]2C(CC)(CC)OC)C1=O. The lowest BCUT2D eigenvalue weighted by Gasteiger charge is -2.44. The van der Waals surface area contributed by atoms with Crippen LogP contribution in [0.1, 0.15) is 72.1 Å². The number of hydrogen-bond acceptors (Lipinski definition) is 3. The smallest absolute Gasteiger partial charge is 0.240 e. The standard InChI is InChI=1S/C18H34N2O2/c1-5-8-10-15-12-14-20(17(15)21)19-13-9-11-16(19)18(6-2,7-3)22-4/h15-16H,5-14H2,1-4H3/t15-,16-/m0/s1. The van der Waals surface area contributed by atoms with E-state index in [0.717, 1.165) is 45.2 Å². The predicted octanol–water partition coefficient (Wildman–Crippen LogP) is 3.61. The maximum absolute atomic E-state index is 12.8. The predicted molar refractivity (Wildman–Crippen MR) is 89.4 cm³/mol. The first-order valence-electron chi connectivity index (χ1n) is 9.26. The quantitative estimate of drug-likeness (QED) is 0.686. The lowest BCUT2D eigenvalue weighted by molar-refractivity contribution is -0.162. The summed E-state index contributed by atoms with van der Waals surface area (Å²) in [5, 5.41) is 4.42. The third kappa shape index (κ3) is 3.18. The number of hydrogen-bond donors (Lipinski definition) is 0. The lowest BCUT2D eigenvalue weighted by atomic mass is 9.87. The molecule has 0 saturated carbocycles. The minimum Gasteiger partial charge on any atom is -0.377 e. The van der Waals surface area contributed by atoms with Crippen LogP contribution in [0.15, 0.2) is 0 Å². The Labute approximate surface area is 136 Å². The number of methoxy groups -OCH3 is 1. The van der Waals surface area contributed by atoms with Crippen molar-refractivity contribution in [1.82, 2.24) is 10.0 Å². The van der Waals surface area contributed by atoms with Crippen LogP contribution in [0.5, 0.6) is 0 Å². The van der Waals surface area contributed by atoms with E-state index in [0.29, 0.717) is 11.9 Å². The van der Waals surface area contributed by atoms with Gasteiger partial charge >= 0.3 is 0 Å². The maximum Gasteiger partial charge on any atom is 0.240 e. The van der Waals surface area contributed by atoms with Crippen molar-refractivity contribution in [1.29, 1.82) is 0 Å². The van der Waals surface area contributed by atoms with Gasteiger partial charge in [-0.1, -0.05) is 33.6 Å². The van der Waals surface area contributed by atoms with Gasteiger partial charge in [-0.05, 0) is 38.5 Å². The second-order valence-electron chi connectivity index (χ2n) is 6.89. The summed E-state index contributed by atoms with van der Waals surface area (Å²) in [5.74, 6) is 0.610. The Morgan fingerprint density at radius 2 is 1.91 bits per heavy atom. The molecule has 0 aliphatic carbocycles. The van der Waals surface area contributed by atoms with Crippen molar-refractivity contribution in [3.8, 4) is 0 Å². The van der Waals surface area contributed by atoms with E-state index >= 15 is 0 Å². The summed E-state index contributed by atoms with van der Waals surface area (Å²) in [7, 11) is 1.83. The number of nitrogens with zero attached hydrogens (tertiary/aromatic N) is 2. The maximum atomic E-state index is 12.8. The molecule has 0 radical (unpaired) electrons. The van der Waals surface area contributed by atoms with Crippen molar-refractivity contribution < 1.29 is 9.53 Å². The van der Waals surface area contributed by atoms with E-state index in [4.69, 9.17) is 4.74 Å². The number of carbonyl (C=O) groups is 1. The number of carbonyl (C=O) groups excluding carboxylic acids is 1. The number of rotatable bonds is 8. The van der Waals surface area contributed by atoms with Crippen molar-refractivity contribution in [3.05, 3.63) is 0 Å². The molecule has 2 heterocycles. The molecule has 128 valence electrons. The van der Waals surface area contributed by atoms with Gasteiger partial charge < -0.3 is 4.74 Å². The molecule has 1 amide bonds. The van der Waals surface area contributed by atoms with Gasteiger partial charge in [0.1, 0.15) is 0 Å². The molecular formula is C18H34N2O2. The molecule has 4 nitrogen and oxygen atoms in total. The molecular weight excluding hydrogens is 276 g/mol. The highest BCUT2D eigenvalue weighted by Crippen LogP contribution is 2.37. The molecule has 2 rings (SSSR count). The van der Waals surface area contributed by atoms with Crippen LogP contribution in [-0.2, 0) is 9.53 Å². The Kier molecular flexibility index (Phi) is 6.27. The molecule has 0 aromatic carbocycles. The molecule has 0 aromatic heterocycles. The Balaban J connectivity index is 2.09. The fourth-order valence-electron chi connectivity index (χ4n) is 4.42. The highest BCUT2D eigenvalue weighted by atomic mass is 16.5. The molecule has 0 bridgehead atoms. The van der Waals surface area contributed by atoms with Crippen LogP contribution >= 0.6 is 0 Å². The topological polar surface area (TPSA) is 32.8 Å². The van der Waals surface area contributed by atoms with E-state index in [2.05, 4.69) is 30.8 Å². The highest BCUT2D eigenvalue weighted by Gasteiger charge is 2.47. The van der Waals surface area contributed by atoms with E-state index in [-0.39, 0.29) is 11.5 Å². The van der Waals surface area contributed by atoms with E-state index in [9.17, 15) is 4.79 Å². The normalized spacial score (nSPS) is 27.1. The summed E-state index contributed by atoms with van der Waals surface area (Å²) in [6.45, 7) is 8.51. The zero-order chi connectivity index (χ0) is 16.2. The molecule has 2 saturated heterocycles. The van der Waals surface area contributed by atoms with Gasteiger partial charge in [0.05, 0.1) is 11.6 Å². The molecule has 0 unspecified atom stereocenters. The summed E-state index contributed by atoms with van der Waals surface area (Å²) in [4.78, 5) is 12.8. The Bertz CT molecular complexity index is 360. The van der Waals surface area contributed by atoms with Crippen molar-refractivity contribution in [3.63, 3.8) is 0 Å². The van der Waals surface area contributed by atoms with Gasteiger partial charge in [0, 0.05) is 26.1 Å². The van der Waals surface area contributed by atoms with Gasteiger partial charge in [0.15, 0.2) is 0 Å². The molecule has 2 aliphatic heterocycles. The summed E-state index contributed by atoms with van der Waals surface area (Å²) < 4.78 is 5.96. The molecule has 0 spiro atoms. The molecule has 4 heteroatoms. The molecule has 2 fully saturated rings. The minimum atomic E-state index is -0.113. The first-order valence-corrected chi connectivity index (χ1v) is 9.26. The largest absolute Gasteiger partial charge is 0.377 e. The van der Waals surface area contributed by atoms with Crippen LogP contribution in [0.4, 0.5) is 0 Å². The summed E-state index contributed by atoms with van der Waals surface area (Å²) >= 11 is 0. The van der Waals surface area contributed by atoms with E-state index in [1.54, 1.807) is 0 Å². The average Bonchev–Trinajstić information content (AvgIpc) is 3.15. The van der Waals surface area contributed by atoms with Gasteiger partial charge in [0.2, 0.25) is 5.91 Å². The van der Waals surface area contributed by atoms with Crippen molar-refractivity contribution in [2.24, 2.45) is 5.92 Å². The van der Waals surface area contributed by atoms with Gasteiger partial charge in [-0.2, -0.15) is 0 Å². The van der Waals surface area contributed by atoms with Crippen LogP contribution in [0.3, 0.4) is 0 Å². The molecule has 22 heavy (non-hydrogen) atoms. The van der Waals surface area contributed by atoms with Crippen molar-refractivity contribution in [2.75, 3.05) is 20.2 Å². The number of amides is 1. The second kappa shape index (κ2) is 7.78. The van der Waals surface area contributed by atoms with Gasteiger partial charge in [0.25, 0.3) is 0 Å². The highest BCUT2D eigenvalue weighted by molar-refractivity contribution is 5.80. The minimum absolute atomic E-state index is 0.113. The van der Waals surface area contributed by atoms with E-state index < -0.39 is 0 Å². The van der Waals surface area contributed by atoms with Crippen molar-refractivity contribution >= 4 is 5.91 Å². The van der Waals surface area contributed by atoms with Gasteiger partial charge in [-0.25, -0.2) is 5.01 Å². The first-order chi connectivity index (χ1) is 10.6. The van der Waals surface area contributed by atoms with Crippen molar-refractivity contribution in [2.45, 2.75) is 83.8 Å². The third-order valence-corrected chi connectivity index (χ3v) is 5.94. The zero-order valence-electron chi connectivity index (χ0n) is 14.9. The van der Waals surface area contributed by atoms with Gasteiger partial charge in [-0.15, -0.1) is 0 Å². The first kappa shape index (κ1) is 17.7. The molecule has 2 aliphatic rings. The Morgan fingerprint density at radius 3 is 2.50 bits per heavy atom. The number of hydrazine groups is 1. The lowest BCUT2D eigenvalue weighted by Crippen LogP contribution is -2.56. The summed E-state index contributed by atoms with van der Waals surface area (Å²) in [5.41, 5.74) is -0.113. The van der Waals surface area contributed by atoms with E-state index in [1.165, 1.54) is 19.3 Å². The Hall–Kier alpha value is -0.610. The molecule has 0 N–H and O–H groups in total. The van der Waals surface area contributed by atoms with Crippen LogP contribution in [0, 0.1) is 5.92 Å². The number of ether oxygens (including phenoxy) is 1. The fraction of sp³-hybridized carbons (Fsp3) is 0.944. The van der Waals surface area contributed by atoms with Gasteiger partial charge in [-0.3, -0.25) is 9.80 Å².